The first-order valence-corrected chi connectivity index (χ1v) is 21.1. The summed E-state index contributed by atoms with van der Waals surface area (Å²) in [4.78, 5) is 7.37. The van der Waals surface area contributed by atoms with E-state index in [1.807, 2.05) is 36.4 Å². The van der Waals surface area contributed by atoms with Crippen LogP contribution in [0.3, 0.4) is 0 Å². The van der Waals surface area contributed by atoms with Crippen molar-refractivity contribution in [2.75, 3.05) is 4.90 Å². The maximum atomic E-state index is 6.23. The molecule has 0 saturated carbocycles. The largest absolute Gasteiger partial charge is 0.436 e. The van der Waals surface area contributed by atoms with Crippen molar-refractivity contribution in [2.24, 2.45) is 0 Å². The van der Waals surface area contributed by atoms with Gasteiger partial charge < -0.3 is 9.32 Å². The van der Waals surface area contributed by atoms with E-state index in [2.05, 4.69) is 199 Å². The first-order chi connectivity index (χ1) is 30.7. The minimum absolute atomic E-state index is 0.634. The monoisotopic (exact) mass is 790 g/mol. The number of rotatable bonds is 7. The Morgan fingerprint density at radius 2 is 0.919 bits per heavy atom. The van der Waals surface area contributed by atoms with E-state index in [0.717, 1.165) is 55.6 Å². The SMILES string of the molecule is c1ccc(-c2nc3c(ccc4c(-c5ccc6cc(N(c7ccc(-c8cc9ccccc9c9ccccc89)cc7)c7ccccc7-c7ccccc7)ccc6c5)cccc43)o2)cc1. The van der Waals surface area contributed by atoms with Crippen molar-refractivity contribution in [3.8, 4) is 44.8 Å². The van der Waals surface area contributed by atoms with Crippen molar-refractivity contribution in [1.82, 2.24) is 4.98 Å². The van der Waals surface area contributed by atoms with E-state index in [1.54, 1.807) is 0 Å². The molecule has 290 valence electrons. The number of hydrogen-bond acceptors (Lipinski definition) is 3. The molecular weight excluding hydrogens is 753 g/mol. The van der Waals surface area contributed by atoms with Crippen molar-refractivity contribution < 1.29 is 4.42 Å². The number of nitrogens with zero attached hydrogens (tertiary/aromatic N) is 2. The van der Waals surface area contributed by atoms with Crippen molar-refractivity contribution >= 4 is 71.3 Å². The predicted octanol–water partition coefficient (Wildman–Crippen LogP) is 16.6. The van der Waals surface area contributed by atoms with Crippen LogP contribution < -0.4 is 4.90 Å². The second kappa shape index (κ2) is 14.8. The molecule has 3 heteroatoms. The molecule has 0 spiro atoms. The molecule has 0 atom stereocenters. The Bertz CT molecular complexity index is 3630. The third kappa shape index (κ3) is 6.10. The van der Waals surface area contributed by atoms with Crippen LogP contribution in [0.2, 0.25) is 0 Å². The summed E-state index contributed by atoms with van der Waals surface area (Å²) in [5, 5.41) is 9.61. The van der Waals surface area contributed by atoms with Crippen molar-refractivity contribution in [1.29, 1.82) is 0 Å². The zero-order valence-corrected chi connectivity index (χ0v) is 33.7. The van der Waals surface area contributed by atoms with Gasteiger partial charge in [-0.15, -0.1) is 0 Å². The van der Waals surface area contributed by atoms with Crippen LogP contribution in [0.4, 0.5) is 17.1 Å². The molecule has 0 unspecified atom stereocenters. The number of fused-ring (bicyclic) bond motifs is 7. The Labute approximate surface area is 359 Å². The van der Waals surface area contributed by atoms with Crippen molar-refractivity contribution in [3.05, 3.63) is 231 Å². The lowest BCUT2D eigenvalue weighted by Gasteiger charge is -2.28. The molecule has 11 aromatic carbocycles. The molecule has 0 aliphatic carbocycles. The number of para-hydroxylation sites is 1. The summed E-state index contributed by atoms with van der Waals surface area (Å²) in [6, 6.07) is 82.7. The third-order valence-corrected chi connectivity index (χ3v) is 12.3. The topological polar surface area (TPSA) is 29.3 Å². The minimum Gasteiger partial charge on any atom is -0.436 e. The van der Waals surface area contributed by atoms with E-state index in [0.29, 0.717) is 5.89 Å². The second-order valence-electron chi connectivity index (χ2n) is 15.9. The highest BCUT2D eigenvalue weighted by molar-refractivity contribution is 6.14. The maximum Gasteiger partial charge on any atom is 0.227 e. The van der Waals surface area contributed by atoms with Crippen LogP contribution in [-0.4, -0.2) is 4.98 Å². The van der Waals surface area contributed by atoms with Gasteiger partial charge in [-0.1, -0.05) is 164 Å². The summed E-state index contributed by atoms with van der Waals surface area (Å²) in [7, 11) is 0. The van der Waals surface area contributed by atoms with Gasteiger partial charge in [0.15, 0.2) is 5.58 Å². The summed E-state index contributed by atoms with van der Waals surface area (Å²) in [5.41, 5.74) is 13.0. The van der Waals surface area contributed by atoms with E-state index in [-0.39, 0.29) is 0 Å². The van der Waals surface area contributed by atoms with Gasteiger partial charge in [-0.3, -0.25) is 0 Å². The fourth-order valence-electron chi connectivity index (χ4n) is 9.28. The summed E-state index contributed by atoms with van der Waals surface area (Å²) >= 11 is 0. The summed E-state index contributed by atoms with van der Waals surface area (Å²) in [6.45, 7) is 0. The average molecular weight is 791 g/mol. The predicted molar refractivity (Wildman–Crippen MR) is 260 cm³/mol. The molecule has 1 aromatic heterocycles. The molecule has 0 N–H and O–H groups in total. The fourth-order valence-corrected chi connectivity index (χ4v) is 9.28. The van der Waals surface area contributed by atoms with Gasteiger partial charge in [0.05, 0.1) is 5.69 Å². The summed E-state index contributed by atoms with van der Waals surface area (Å²) in [5.74, 6) is 0.634. The molecular formula is C59H38N2O. The highest BCUT2D eigenvalue weighted by Gasteiger charge is 2.19. The molecule has 0 amide bonds. The highest BCUT2D eigenvalue weighted by atomic mass is 16.3. The van der Waals surface area contributed by atoms with Gasteiger partial charge in [-0.25, -0.2) is 4.98 Å². The van der Waals surface area contributed by atoms with Crippen LogP contribution in [0, 0.1) is 0 Å². The van der Waals surface area contributed by atoms with E-state index in [4.69, 9.17) is 9.40 Å². The van der Waals surface area contributed by atoms with E-state index < -0.39 is 0 Å². The van der Waals surface area contributed by atoms with Crippen molar-refractivity contribution in [3.63, 3.8) is 0 Å². The molecule has 0 aliphatic heterocycles. The van der Waals surface area contributed by atoms with E-state index in [1.165, 1.54) is 54.6 Å². The molecule has 0 fully saturated rings. The minimum atomic E-state index is 0.634. The number of aromatic nitrogens is 1. The Morgan fingerprint density at radius 3 is 1.76 bits per heavy atom. The maximum absolute atomic E-state index is 6.23. The summed E-state index contributed by atoms with van der Waals surface area (Å²) in [6.07, 6.45) is 0. The van der Waals surface area contributed by atoms with Gasteiger partial charge in [0, 0.05) is 27.9 Å². The van der Waals surface area contributed by atoms with Gasteiger partial charge >= 0.3 is 0 Å². The Morgan fingerprint density at radius 1 is 0.323 bits per heavy atom. The van der Waals surface area contributed by atoms with E-state index >= 15 is 0 Å². The Kier molecular flexibility index (Phi) is 8.50. The lowest BCUT2D eigenvalue weighted by molar-refractivity contribution is 0.620. The van der Waals surface area contributed by atoms with Crippen molar-refractivity contribution in [2.45, 2.75) is 0 Å². The standard InChI is InChI=1S/C59H38N2O/c1-3-14-39(15-4-1)50-20-11-12-25-56(50)61(46-31-28-40(29-32-46)55-38-44-18-7-8-19-48(44)51-21-9-10-22-52(51)55)47-33-30-42-36-45(27-26-43(42)37-47)49-23-13-24-54-53(49)34-35-57-58(54)60-59(62-57)41-16-5-2-6-17-41/h1-38H. The molecule has 12 aromatic rings. The van der Waals surface area contributed by atoms with Crippen LogP contribution in [0.25, 0.3) is 99.0 Å². The zero-order chi connectivity index (χ0) is 41.0. The molecule has 62 heavy (non-hydrogen) atoms. The summed E-state index contributed by atoms with van der Waals surface area (Å²) < 4.78 is 6.23. The van der Waals surface area contributed by atoms with Gasteiger partial charge in [-0.05, 0) is 132 Å². The van der Waals surface area contributed by atoms with Crippen LogP contribution in [-0.2, 0) is 0 Å². The molecule has 0 saturated heterocycles. The molecule has 12 rings (SSSR count). The molecule has 0 aliphatic rings. The van der Waals surface area contributed by atoms with Crippen LogP contribution >= 0.6 is 0 Å². The highest BCUT2D eigenvalue weighted by Crippen LogP contribution is 2.44. The smallest absolute Gasteiger partial charge is 0.227 e. The quantitative estimate of drug-likeness (QED) is 0.151. The normalized spacial score (nSPS) is 11.5. The molecule has 0 bridgehead atoms. The lowest BCUT2D eigenvalue weighted by Crippen LogP contribution is -2.11. The third-order valence-electron chi connectivity index (χ3n) is 12.3. The molecule has 0 radical (unpaired) electrons. The average Bonchev–Trinajstić information content (AvgIpc) is 3.80. The first kappa shape index (κ1) is 35.7. The number of benzene rings is 11. The fraction of sp³-hybridized carbons (Fsp3) is 0. The zero-order valence-electron chi connectivity index (χ0n) is 33.7. The van der Waals surface area contributed by atoms with Crippen LogP contribution in [0.15, 0.2) is 235 Å². The number of anilines is 3. The number of hydrogen-bond donors (Lipinski definition) is 0. The second-order valence-corrected chi connectivity index (χ2v) is 15.9. The Hall–Kier alpha value is -8.27. The number of oxazole rings is 1. The van der Waals surface area contributed by atoms with Gasteiger partial charge in [0.25, 0.3) is 0 Å². The Balaban J connectivity index is 0.961. The molecule has 1 heterocycles. The van der Waals surface area contributed by atoms with Gasteiger partial charge in [-0.2, -0.15) is 0 Å². The lowest BCUT2D eigenvalue weighted by atomic mass is 9.93. The van der Waals surface area contributed by atoms with E-state index in [9.17, 15) is 0 Å². The van der Waals surface area contributed by atoms with Gasteiger partial charge in [0.1, 0.15) is 5.52 Å². The van der Waals surface area contributed by atoms with Crippen LogP contribution in [0.1, 0.15) is 0 Å². The van der Waals surface area contributed by atoms with Crippen LogP contribution in [0.5, 0.6) is 0 Å². The van der Waals surface area contributed by atoms with Gasteiger partial charge in [0.2, 0.25) is 5.89 Å². The first-order valence-electron chi connectivity index (χ1n) is 21.1. The molecule has 3 nitrogen and oxygen atoms in total.